The third kappa shape index (κ3) is 5.06. The van der Waals surface area contributed by atoms with E-state index in [1.807, 2.05) is 72.4 Å². The van der Waals surface area contributed by atoms with Crippen molar-refractivity contribution in [2.24, 2.45) is 7.05 Å². The number of imidazole rings is 1. The van der Waals surface area contributed by atoms with Crippen LogP contribution in [0.1, 0.15) is 30.4 Å². The number of ketones is 1. The molecule has 3 aromatic rings. The lowest BCUT2D eigenvalue weighted by Gasteiger charge is -2.22. The molecule has 31 heavy (non-hydrogen) atoms. The molecule has 1 aromatic heterocycles. The lowest BCUT2D eigenvalue weighted by atomic mass is 9.89. The van der Waals surface area contributed by atoms with Crippen LogP contribution in [0.3, 0.4) is 0 Å². The van der Waals surface area contributed by atoms with E-state index in [0.29, 0.717) is 16.9 Å². The molecule has 0 saturated carbocycles. The number of hydrogen-bond acceptors (Lipinski definition) is 4. The number of carbonyl (C=O) groups is 1. The molecule has 1 aliphatic carbocycles. The van der Waals surface area contributed by atoms with Gasteiger partial charge in [0.05, 0.1) is 4.91 Å². The zero-order valence-electron chi connectivity index (χ0n) is 17.6. The molecule has 0 amide bonds. The first-order chi connectivity index (χ1) is 15.0. The molecule has 0 saturated heterocycles. The number of nitrogens with zero attached hydrogens (tertiary/aromatic N) is 2. The van der Waals surface area contributed by atoms with Gasteiger partial charge in [0.15, 0.2) is 10.9 Å². The van der Waals surface area contributed by atoms with Gasteiger partial charge < -0.3 is 9.67 Å². The van der Waals surface area contributed by atoms with Crippen molar-refractivity contribution >= 4 is 23.6 Å². The van der Waals surface area contributed by atoms with Crippen LogP contribution in [0.2, 0.25) is 0 Å². The van der Waals surface area contributed by atoms with Crippen molar-refractivity contribution < 1.29 is 9.90 Å². The number of hydrogen-bond donors (Lipinski definition) is 1. The average molecular weight is 431 g/mol. The predicted octanol–water partition coefficient (Wildman–Crippen LogP) is 5.21. The van der Waals surface area contributed by atoms with E-state index in [1.165, 1.54) is 17.3 Å². The van der Waals surface area contributed by atoms with Gasteiger partial charge in [-0.2, -0.15) is 0 Å². The van der Waals surface area contributed by atoms with E-state index in [2.05, 4.69) is 17.1 Å². The number of aliphatic hydroxyl groups is 1. The Labute approximate surface area is 187 Å². The van der Waals surface area contributed by atoms with Crippen molar-refractivity contribution in [3.05, 3.63) is 101 Å². The molecule has 4 rings (SSSR count). The second-order valence-electron chi connectivity index (χ2n) is 7.85. The van der Waals surface area contributed by atoms with Gasteiger partial charge in [-0.05, 0) is 60.7 Å². The molecule has 0 bridgehead atoms. The van der Waals surface area contributed by atoms with E-state index < -0.39 is 5.60 Å². The Kier molecular flexibility index (Phi) is 6.54. The average Bonchev–Trinajstić information content (AvgIpc) is 3.29. The normalized spacial score (nSPS) is 19.7. The fourth-order valence-electron chi connectivity index (χ4n) is 3.80. The van der Waals surface area contributed by atoms with Gasteiger partial charge in [-0.3, -0.25) is 4.79 Å². The number of carbonyl (C=O) groups excluding carboxylic acids is 1. The van der Waals surface area contributed by atoms with Gasteiger partial charge in [-0.1, -0.05) is 60.7 Å². The fraction of sp³-hybridized carbons (Fsp3) is 0.231. The minimum absolute atomic E-state index is 0.123. The summed E-state index contributed by atoms with van der Waals surface area (Å²) in [6.07, 6.45) is 10.3. The number of Topliss-reactive ketones (excluding diaryl/α,β-unsaturated/α-hetero) is 1. The molecule has 2 aromatic carbocycles. The molecule has 5 heteroatoms. The molecule has 1 aliphatic rings. The van der Waals surface area contributed by atoms with E-state index in [9.17, 15) is 9.90 Å². The van der Waals surface area contributed by atoms with Crippen LogP contribution >= 0.6 is 11.8 Å². The number of thioether (sulfide) groups is 1. The topological polar surface area (TPSA) is 55.1 Å². The van der Waals surface area contributed by atoms with E-state index >= 15 is 0 Å². The first-order valence-electron chi connectivity index (χ1n) is 10.5. The Bertz CT molecular complexity index is 1100. The molecule has 0 fully saturated rings. The second-order valence-corrected chi connectivity index (χ2v) is 8.86. The number of aryl methyl sites for hydroxylation is 2. The van der Waals surface area contributed by atoms with E-state index in [4.69, 9.17) is 0 Å². The van der Waals surface area contributed by atoms with Gasteiger partial charge >= 0.3 is 0 Å². The van der Waals surface area contributed by atoms with Gasteiger partial charge in [0.1, 0.15) is 5.60 Å². The summed E-state index contributed by atoms with van der Waals surface area (Å²) in [6.45, 7) is 0. The van der Waals surface area contributed by atoms with Crippen LogP contribution in [-0.2, 0) is 18.3 Å². The van der Waals surface area contributed by atoms with Gasteiger partial charge in [0.2, 0.25) is 0 Å². The van der Waals surface area contributed by atoms with E-state index in [-0.39, 0.29) is 5.78 Å². The highest BCUT2D eigenvalue weighted by Crippen LogP contribution is 2.42. The Balaban J connectivity index is 1.54. The minimum atomic E-state index is -1.27. The van der Waals surface area contributed by atoms with Gasteiger partial charge in [0.25, 0.3) is 0 Å². The smallest absolute Gasteiger partial charge is 0.198 e. The van der Waals surface area contributed by atoms with Crippen molar-refractivity contribution in [1.82, 2.24) is 9.55 Å². The molecule has 1 atom stereocenters. The highest BCUT2D eigenvalue weighted by atomic mass is 32.2. The molecule has 0 aliphatic heterocycles. The van der Waals surface area contributed by atoms with Crippen molar-refractivity contribution in [2.75, 3.05) is 0 Å². The van der Waals surface area contributed by atoms with Gasteiger partial charge in [0, 0.05) is 25.0 Å². The third-order valence-electron chi connectivity index (χ3n) is 5.51. The molecule has 0 radical (unpaired) electrons. The second kappa shape index (κ2) is 9.50. The summed E-state index contributed by atoms with van der Waals surface area (Å²) in [4.78, 5) is 18.1. The number of rotatable bonds is 8. The Morgan fingerprint density at radius 3 is 2.45 bits per heavy atom. The summed E-state index contributed by atoms with van der Waals surface area (Å²) < 4.78 is 1.87. The van der Waals surface area contributed by atoms with Crippen LogP contribution < -0.4 is 0 Å². The lowest BCUT2D eigenvalue weighted by molar-refractivity contribution is -0.112. The largest absolute Gasteiger partial charge is 0.381 e. The van der Waals surface area contributed by atoms with Crippen LogP contribution in [-0.4, -0.2) is 26.0 Å². The number of aromatic nitrogens is 2. The maximum Gasteiger partial charge on any atom is 0.198 e. The van der Waals surface area contributed by atoms with Crippen LogP contribution in [0.15, 0.2) is 94.8 Å². The minimum Gasteiger partial charge on any atom is -0.381 e. The summed E-state index contributed by atoms with van der Waals surface area (Å²) in [5.74, 6) is -0.123. The summed E-state index contributed by atoms with van der Waals surface area (Å²) in [5, 5.41) is 12.3. The quantitative estimate of drug-likeness (QED) is 0.394. The molecule has 158 valence electrons. The number of unbranched alkanes of at least 4 members (excludes halogenated alkanes) is 1. The van der Waals surface area contributed by atoms with Crippen LogP contribution in [0, 0.1) is 0 Å². The number of allylic oxidation sites excluding steroid dienone is 1. The third-order valence-corrected chi connectivity index (χ3v) is 6.61. The standard InChI is InChI=1S/C26H26N2O2S/c1-28-17-16-27-25(28)31-23-19-26(30,15-9-8-12-20-10-4-2-5-11-20)22(24(23)29)18-21-13-6-3-7-14-21/h2-7,10-11,13-14,16-19,30H,8-9,12,15H2,1H3. The molecular weight excluding hydrogens is 404 g/mol. The van der Waals surface area contributed by atoms with Crippen molar-refractivity contribution in [1.29, 1.82) is 0 Å². The maximum absolute atomic E-state index is 13.3. The lowest BCUT2D eigenvalue weighted by Crippen LogP contribution is -2.27. The van der Waals surface area contributed by atoms with Crippen molar-refractivity contribution in [2.45, 2.75) is 36.4 Å². The zero-order valence-corrected chi connectivity index (χ0v) is 18.4. The first kappa shape index (κ1) is 21.3. The first-order valence-corrected chi connectivity index (χ1v) is 11.3. The van der Waals surface area contributed by atoms with Crippen LogP contribution in [0.25, 0.3) is 6.08 Å². The molecular formula is C26H26N2O2S. The molecule has 1 heterocycles. The van der Waals surface area contributed by atoms with E-state index in [1.54, 1.807) is 12.3 Å². The maximum atomic E-state index is 13.3. The van der Waals surface area contributed by atoms with E-state index in [0.717, 1.165) is 30.0 Å². The Hall–Kier alpha value is -2.89. The molecule has 4 nitrogen and oxygen atoms in total. The fourth-order valence-corrected chi connectivity index (χ4v) is 4.77. The summed E-state index contributed by atoms with van der Waals surface area (Å²) >= 11 is 1.31. The van der Waals surface area contributed by atoms with Crippen LogP contribution in [0.4, 0.5) is 0 Å². The predicted molar refractivity (Wildman–Crippen MR) is 126 cm³/mol. The Morgan fingerprint density at radius 1 is 1.06 bits per heavy atom. The van der Waals surface area contributed by atoms with Crippen molar-refractivity contribution in [3.63, 3.8) is 0 Å². The Morgan fingerprint density at radius 2 is 1.77 bits per heavy atom. The molecule has 1 unspecified atom stereocenters. The van der Waals surface area contributed by atoms with Gasteiger partial charge in [-0.15, -0.1) is 0 Å². The SMILES string of the molecule is Cn1ccnc1SC1=CC(O)(CCCCc2ccccc2)C(=Cc2ccccc2)C1=O. The zero-order chi connectivity index (χ0) is 21.7. The summed E-state index contributed by atoms with van der Waals surface area (Å²) in [7, 11) is 1.89. The van der Waals surface area contributed by atoms with Crippen molar-refractivity contribution in [3.8, 4) is 0 Å². The molecule has 0 spiro atoms. The monoisotopic (exact) mass is 430 g/mol. The molecule has 1 N–H and O–H groups in total. The summed E-state index contributed by atoms with van der Waals surface area (Å²) in [6, 6.07) is 20.0. The summed E-state index contributed by atoms with van der Waals surface area (Å²) in [5.41, 5.74) is 1.37. The highest BCUT2D eigenvalue weighted by Gasteiger charge is 2.42. The highest BCUT2D eigenvalue weighted by molar-refractivity contribution is 8.03. The van der Waals surface area contributed by atoms with Crippen LogP contribution in [0.5, 0.6) is 0 Å². The van der Waals surface area contributed by atoms with Gasteiger partial charge in [-0.25, -0.2) is 4.98 Å². The number of benzene rings is 2.